The zero-order valence-electron chi connectivity index (χ0n) is 10.8. The largest absolute Gasteiger partial charge is 0.477 e. The van der Waals surface area contributed by atoms with Crippen molar-refractivity contribution in [3.8, 4) is 5.88 Å². The van der Waals surface area contributed by atoms with Crippen molar-refractivity contribution < 1.29 is 13.2 Å². The fourth-order valence-electron chi connectivity index (χ4n) is 2.31. The highest BCUT2D eigenvalue weighted by molar-refractivity contribution is 8.13. The molecular formula is C12H17ClN2O3S. The minimum Gasteiger partial charge on any atom is -0.477 e. The van der Waals surface area contributed by atoms with Crippen LogP contribution >= 0.6 is 10.7 Å². The van der Waals surface area contributed by atoms with E-state index in [4.69, 9.17) is 15.4 Å². The maximum absolute atomic E-state index is 11.4. The number of halogens is 1. The van der Waals surface area contributed by atoms with Crippen LogP contribution in [-0.2, 0) is 9.05 Å². The van der Waals surface area contributed by atoms with E-state index < -0.39 is 9.05 Å². The Bertz CT molecular complexity index is 536. The summed E-state index contributed by atoms with van der Waals surface area (Å²) in [7, 11) is 3.61. The average molecular weight is 305 g/mol. The van der Waals surface area contributed by atoms with Gasteiger partial charge in [0.25, 0.3) is 9.05 Å². The lowest BCUT2D eigenvalue weighted by Crippen LogP contribution is -2.26. The average Bonchev–Trinajstić information content (AvgIpc) is 2.75. The molecule has 0 aliphatic carbocycles. The van der Waals surface area contributed by atoms with Gasteiger partial charge in [-0.15, -0.1) is 0 Å². The van der Waals surface area contributed by atoms with Crippen molar-refractivity contribution in [3.05, 3.63) is 18.3 Å². The molecule has 1 atom stereocenters. The Balaban J connectivity index is 1.96. The van der Waals surface area contributed by atoms with Crippen LogP contribution in [0.1, 0.15) is 19.3 Å². The maximum atomic E-state index is 11.4. The molecule has 0 bridgehead atoms. The number of hydrogen-bond donors (Lipinski definition) is 0. The summed E-state index contributed by atoms with van der Waals surface area (Å²) in [5.41, 5.74) is 0. The fraction of sp³-hybridized carbons (Fsp3) is 0.583. The molecule has 106 valence electrons. The summed E-state index contributed by atoms with van der Waals surface area (Å²) in [5, 5.41) is 0. The van der Waals surface area contributed by atoms with E-state index in [1.54, 1.807) is 0 Å². The normalized spacial score (nSPS) is 20.6. The highest BCUT2D eigenvalue weighted by Gasteiger charge is 2.22. The molecule has 2 rings (SSSR count). The summed E-state index contributed by atoms with van der Waals surface area (Å²) < 4.78 is 28.2. The van der Waals surface area contributed by atoms with E-state index >= 15 is 0 Å². The van der Waals surface area contributed by atoms with Crippen LogP contribution < -0.4 is 4.74 Å². The Hall–Kier alpha value is -0.850. The van der Waals surface area contributed by atoms with E-state index in [1.807, 2.05) is 0 Å². The quantitative estimate of drug-likeness (QED) is 0.777. The Morgan fingerprint density at radius 3 is 3.00 bits per heavy atom. The van der Waals surface area contributed by atoms with Crippen LogP contribution in [0.2, 0.25) is 0 Å². The molecule has 0 aromatic carbocycles. The molecule has 1 aliphatic rings. The molecule has 7 heteroatoms. The first-order valence-electron chi connectivity index (χ1n) is 6.21. The van der Waals surface area contributed by atoms with Gasteiger partial charge in [-0.25, -0.2) is 13.4 Å². The van der Waals surface area contributed by atoms with Gasteiger partial charge in [-0.2, -0.15) is 0 Å². The summed E-state index contributed by atoms with van der Waals surface area (Å²) in [6.45, 7) is 1.54. The smallest absolute Gasteiger partial charge is 0.266 e. The molecule has 0 radical (unpaired) electrons. The van der Waals surface area contributed by atoms with Crippen molar-refractivity contribution in [1.82, 2.24) is 9.88 Å². The van der Waals surface area contributed by atoms with E-state index in [9.17, 15) is 8.42 Å². The SMILES string of the molecule is CN1CCCC1CCOc1ncccc1S(=O)(=O)Cl. The maximum Gasteiger partial charge on any atom is 0.266 e. The van der Waals surface area contributed by atoms with Gasteiger partial charge in [-0.1, -0.05) is 0 Å². The zero-order chi connectivity index (χ0) is 13.9. The summed E-state index contributed by atoms with van der Waals surface area (Å²) in [6.07, 6.45) is 4.70. The van der Waals surface area contributed by atoms with Crippen molar-refractivity contribution in [2.24, 2.45) is 0 Å². The number of nitrogens with zero attached hydrogens (tertiary/aromatic N) is 2. The van der Waals surface area contributed by atoms with E-state index in [1.165, 1.54) is 24.8 Å². The lowest BCUT2D eigenvalue weighted by atomic mass is 10.1. The summed E-state index contributed by atoms with van der Waals surface area (Å²) in [5.74, 6) is 0.0816. The Morgan fingerprint density at radius 2 is 2.37 bits per heavy atom. The molecule has 0 N–H and O–H groups in total. The van der Waals surface area contributed by atoms with Gasteiger partial charge in [0, 0.05) is 22.9 Å². The van der Waals surface area contributed by atoms with Crippen molar-refractivity contribution >= 4 is 19.7 Å². The number of hydrogen-bond acceptors (Lipinski definition) is 5. The highest BCUT2D eigenvalue weighted by Crippen LogP contribution is 2.25. The first-order chi connectivity index (χ1) is 8.98. The molecule has 1 saturated heterocycles. The Labute approximate surface area is 118 Å². The van der Waals surface area contributed by atoms with Gasteiger partial charge in [0.15, 0.2) is 0 Å². The topological polar surface area (TPSA) is 59.5 Å². The van der Waals surface area contributed by atoms with Crippen molar-refractivity contribution in [2.75, 3.05) is 20.2 Å². The highest BCUT2D eigenvalue weighted by atomic mass is 35.7. The summed E-state index contributed by atoms with van der Waals surface area (Å²) in [4.78, 5) is 6.15. The lowest BCUT2D eigenvalue weighted by Gasteiger charge is -2.19. The predicted octanol–water partition coefficient (Wildman–Crippen LogP) is 1.87. The van der Waals surface area contributed by atoms with Crippen LogP contribution in [0.15, 0.2) is 23.2 Å². The number of ether oxygens (including phenoxy) is 1. The van der Waals surface area contributed by atoms with E-state index in [0.29, 0.717) is 12.6 Å². The van der Waals surface area contributed by atoms with Gasteiger partial charge < -0.3 is 9.64 Å². The molecule has 1 unspecified atom stereocenters. The van der Waals surface area contributed by atoms with Crippen molar-refractivity contribution in [2.45, 2.75) is 30.2 Å². The lowest BCUT2D eigenvalue weighted by molar-refractivity contribution is 0.225. The fourth-order valence-corrected chi connectivity index (χ4v) is 3.22. The number of pyridine rings is 1. The van der Waals surface area contributed by atoms with Crippen LogP contribution in [-0.4, -0.2) is 44.5 Å². The van der Waals surface area contributed by atoms with Gasteiger partial charge >= 0.3 is 0 Å². The van der Waals surface area contributed by atoms with Crippen LogP contribution in [0.5, 0.6) is 5.88 Å². The van der Waals surface area contributed by atoms with Gasteiger partial charge in [0.1, 0.15) is 4.90 Å². The predicted molar refractivity (Wildman–Crippen MR) is 73.0 cm³/mol. The Morgan fingerprint density at radius 1 is 1.58 bits per heavy atom. The van der Waals surface area contributed by atoms with Gasteiger partial charge in [-0.3, -0.25) is 0 Å². The molecule has 0 spiro atoms. The van der Waals surface area contributed by atoms with E-state index in [-0.39, 0.29) is 10.8 Å². The second-order valence-electron chi connectivity index (χ2n) is 4.66. The van der Waals surface area contributed by atoms with Crippen LogP contribution in [0.4, 0.5) is 0 Å². The molecule has 0 amide bonds. The first kappa shape index (κ1) is 14.6. The minimum atomic E-state index is -3.82. The third-order valence-corrected chi connectivity index (χ3v) is 4.70. The standard InChI is InChI=1S/C12H17ClN2O3S/c1-15-8-3-4-10(15)6-9-18-12-11(19(13,16)17)5-2-7-14-12/h2,5,7,10H,3-4,6,8-9H2,1H3. The van der Waals surface area contributed by atoms with Crippen LogP contribution in [0.25, 0.3) is 0 Å². The second-order valence-corrected chi connectivity index (χ2v) is 7.19. The molecular weight excluding hydrogens is 288 g/mol. The Kier molecular flexibility index (Phi) is 4.65. The molecule has 1 fully saturated rings. The molecule has 1 aromatic rings. The van der Waals surface area contributed by atoms with Gasteiger partial charge in [-0.05, 0) is 45.0 Å². The van der Waals surface area contributed by atoms with E-state index in [2.05, 4.69) is 16.9 Å². The van der Waals surface area contributed by atoms with Crippen LogP contribution in [0.3, 0.4) is 0 Å². The summed E-state index contributed by atoms with van der Waals surface area (Å²) >= 11 is 0. The minimum absolute atomic E-state index is 0.0727. The second kappa shape index (κ2) is 6.07. The van der Waals surface area contributed by atoms with Crippen molar-refractivity contribution in [3.63, 3.8) is 0 Å². The monoisotopic (exact) mass is 304 g/mol. The molecule has 5 nitrogen and oxygen atoms in total. The van der Waals surface area contributed by atoms with E-state index in [0.717, 1.165) is 19.4 Å². The van der Waals surface area contributed by atoms with Gasteiger partial charge in [0.2, 0.25) is 5.88 Å². The molecule has 0 saturated carbocycles. The number of aromatic nitrogens is 1. The third-order valence-electron chi connectivity index (χ3n) is 3.36. The number of likely N-dealkylation sites (tertiary alicyclic amines) is 1. The molecule has 1 aromatic heterocycles. The molecule has 19 heavy (non-hydrogen) atoms. The molecule has 2 heterocycles. The van der Waals surface area contributed by atoms with Gasteiger partial charge in [0.05, 0.1) is 6.61 Å². The number of rotatable bonds is 5. The third kappa shape index (κ3) is 3.81. The zero-order valence-corrected chi connectivity index (χ0v) is 12.3. The van der Waals surface area contributed by atoms with Crippen LogP contribution in [0, 0.1) is 0 Å². The first-order valence-corrected chi connectivity index (χ1v) is 8.52. The summed E-state index contributed by atoms with van der Waals surface area (Å²) in [6, 6.07) is 3.42. The molecule has 1 aliphatic heterocycles. The van der Waals surface area contributed by atoms with Crippen molar-refractivity contribution in [1.29, 1.82) is 0 Å².